The molecule has 2 heterocycles. The van der Waals surface area contributed by atoms with E-state index < -0.39 is 11.9 Å². The molecule has 0 aliphatic rings. The van der Waals surface area contributed by atoms with Crippen LogP contribution in [0.5, 0.6) is 0 Å². The van der Waals surface area contributed by atoms with Crippen molar-refractivity contribution in [2.75, 3.05) is 18.5 Å². The first kappa shape index (κ1) is 21.8. The van der Waals surface area contributed by atoms with Gasteiger partial charge >= 0.3 is 11.9 Å². The van der Waals surface area contributed by atoms with Crippen molar-refractivity contribution >= 4 is 45.6 Å². The number of carbonyl (C=O) groups excluding carboxylic acids is 2. The highest BCUT2D eigenvalue weighted by atomic mass is 32.1. The number of aryl methyl sites for hydroxylation is 1. The zero-order valence-electron chi connectivity index (χ0n) is 16.3. The monoisotopic (exact) mass is 424 g/mol. The van der Waals surface area contributed by atoms with E-state index in [1.54, 1.807) is 27.0 Å². The Morgan fingerprint density at radius 2 is 1.89 bits per heavy atom. The third kappa shape index (κ3) is 5.29. The molecule has 0 saturated carbocycles. The van der Waals surface area contributed by atoms with Crippen LogP contribution in [0.15, 0.2) is 12.4 Å². The van der Waals surface area contributed by atoms with E-state index in [2.05, 4.69) is 15.7 Å². The number of esters is 2. The number of hydrogen-bond donors (Lipinski definition) is 2. The lowest BCUT2D eigenvalue weighted by atomic mass is 10.1. The molecule has 0 saturated heterocycles. The van der Waals surface area contributed by atoms with Crippen molar-refractivity contribution in [1.82, 2.24) is 15.1 Å². The highest BCUT2D eigenvalue weighted by Crippen LogP contribution is 2.34. The van der Waals surface area contributed by atoms with Crippen LogP contribution in [0.1, 0.15) is 51.9 Å². The van der Waals surface area contributed by atoms with Crippen molar-refractivity contribution in [3.63, 3.8) is 0 Å². The van der Waals surface area contributed by atoms with Gasteiger partial charge in [0, 0.05) is 24.8 Å². The molecule has 2 rings (SSSR count). The third-order valence-corrected chi connectivity index (χ3v) is 5.21. The van der Waals surface area contributed by atoms with Gasteiger partial charge in [-0.1, -0.05) is 0 Å². The Bertz CT molecular complexity index is 860. The fraction of sp³-hybridized carbons (Fsp3) is 0.444. The molecule has 0 atom stereocenters. The Labute approximate surface area is 173 Å². The molecule has 2 aromatic rings. The van der Waals surface area contributed by atoms with Gasteiger partial charge in [-0.05, 0) is 45.5 Å². The number of hydrogen-bond acceptors (Lipinski definition) is 7. The molecule has 10 heteroatoms. The molecule has 152 valence electrons. The second kappa shape index (κ2) is 10.2. The summed E-state index contributed by atoms with van der Waals surface area (Å²) in [6.07, 6.45) is 3.69. The van der Waals surface area contributed by atoms with E-state index >= 15 is 0 Å². The quantitative estimate of drug-likeness (QED) is 0.493. The van der Waals surface area contributed by atoms with E-state index in [9.17, 15) is 9.59 Å². The van der Waals surface area contributed by atoms with E-state index in [1.807, 2.05) is 17.8 Å². The van der Waals surface area contributed by atoms with Gasteiger partial charge in [-0.3, -0.25) is 4.68 Å². The third-order valence-electron chi connectivity index (χ3n) is 3.78. The first-order chi connectivity index (χ1) is 13.4. The number of anilines is 1. The van der Waals surface area contributed by atoms with E-state index in [1.165, 1.54) is 0 Å². The molecule has 0 fully saturated rings. The fourth-order valence-corrected chi connectivity index (χ4v) is 3.77. The highest BCUT2D eigenvalue weighted by Gasteiger charge is 2.26. The summed E-state index contributed by atoms with van der Waals surface area (Å²) in [5.41, 5.74) is 1.78. The first-order valence-electron chi connectivity index (χ1n) is 8.94. The molecular weight excluding hydrogens is 400 g/mol. The van der Waals surface area contributed by atoms with Crippen molar-refractivity contribution in [1.29, 1.82) is 0 Å². The molecule has 28 heavy (non-hydrogen) atoms. The Kier molecular flexibility index (Phi) is 7.94. The van der Waals surface area contributed by atoms with Gasteiger partial charge in [-0.25, -0.2) is 9.59 Å². The summed E-state index contributed by atoms with van der Waals surface area (Å²) >= 11 is 6.46. The molecule has 0 spiro atoms. The van der Waals surface area contributed by atoms with Crippen molar-refractivity contribution in [2.24, 2.45) is 0 Å². The minimum atomic E-state index is -0.513. The molecule has 0 bridgehead atoms. The highest BCUT2D eigenvalue weighted by molar-refractivity contribution is 7.80. The second-order valence-corrected chi connectivity index (χ2v) is 7.14. The van der Waals surface area contributed by atoms with Gasteiger partial charge in [0.15, 0.2) is 5.11 Å². The van der Waals surface area contributed by atoms with E-state index in [-0.39, 0.29) is 18.8 Å². The van der Waals surface area contributed by atoms with Crippen molar-refractivity contribution in [2.45, 2.75) is 40.8 Å². The topological polar surface area (TPSA) is 94.5 Å². The number of thiophene rings is 1. The van der Waals surface area contributed by atoms with Crippen LogP contribution in [-0.2, 0) is 22.6 Å². The molecule has 8 nitrogen and oxygen atoms in total. The lowest BCUT2D eigenvalue weighted by Gasteiger charge is -2.10. The summed E-state index contributed by atoms with van der Waals surface area (Å²) in [5, 5.41) is 11.1. The Balaban J connectivity index is 2.17. The number of ether oxygens (including phenoxy) is 2. The van der Waals surface area contributed by atoms with Crippen LogP contribution in [0, 0.1) is 6.92 Å². The summed E-state index contributed by atoms with van der Waals surface area (Å²) in [5.74, 6) is -0.990. The Hall–Kier alpha value is -2.46. The fourth-order valence-electron chi connectivity index (χ4n) is 2.44. The molecule has 0 amide bonds. The molecule has 0 aliphatic carbocycles. The average Bonchev–Trinajstić information content (AvgIpc) is 3.24. The molecule has 0 unspecified atom stereocenters. The maximum atomic E-state index is 12.4. The zero-order valence-corrected chi connectivity index (χ0v) is 18.0. The second-order valence-electron chi connectivity index (χ2n) is 5.71. The van der Waals surface area contributed by atoms with E-state index in [0.717, 1.165) is 23.4 Å². The number of thiocarbonyl (C=S) groups is 1. The van der Waals surface area contributed by atoms with E-state index in [4.69, 9.17) is 21.7 Å². The van der Waals surface area contributed by atoms with Gasteiger partial charge in [0.05, 0.1) is 25.0 Å². The van der Waals surface area contributed by atoms with Gasteiger partial charge in [0.25, 0.3) is 0 Å². The lowest BCUT2D eigenvalue weighted by Crippen LogP contribution is -2.28. The van der Waals surface area contributed by atoms with Gasteiger partial charge in [0.1, 0.15) is 9.88 Å². The zero-order chi connectivity index (χ0) is 20.7. The minimum absolute atomic E-state index is 0.229. The van der Waals surface area contributed by atoms with Gasteiger partial charge in [-0.15, -0.1) is 11.3 Å². The molecule has 2 N–H and O–H groups in total. The Morgan fingerprint density at radius 1 is 1.21 bits per heavy atom. The van der Waals surface area contributed by atoms with Crippen LogP contribution in [0.2, 0.25) is 0 Å². The number of nitrogens with one attached hydrogen (secondary N) is 2. The molecule has 0 aliphatic heterocycles. The average molecular weight is 425 g/mol. The minimum Gasteiger partial charge on any atom is -0.462 e. The standard InChI is InChI=1S/C18H24N4O4S2/c1-5-22-10-12(9-20-22)8-19-18(27)21-15-13(16(23)25-6-2)11(4)14(28-15)17(24)26-7-3/h9-10H,5-8H2,1-4H3,(H2,19,21,27). The summed E-state index contributed by atoms with van der Waals surface area (Å²) in [6, 6.07) is 0. The predicted molar refractivity (Wildman–Crippen MR) is 112 cm³/mol. The summed E-state index contributed by atoms with van der Waals surface area (Å²) in [4.78, 5) is 24.9. The summed E-state index contributed by atoms with van der Waals surface area (Å²) < 4.78 is 12.0. The number of nitrogens with zero attached hydrogens (tertiary/aromatic N) is 2. The normalized spacial score (nSPS) is 10.4. The van der Waals surface area contributed by atoms with E-state index in [0.29, 0.717) is 27.1 Å². The van der Waals surface area contributed by atoms with Crippen LogP contribution < -0.4 is 10.6 Å². The van der Waals surface area contributed by atoms with Crippen LogP contribution in [0.25, 0.3) is 0 Å². The first-order valence-corrected chi connectivity index (χ1v) is 10.2. The van der Waals surface area contributed by atoms with Crippen LogP contribution in [-0.4, -0.2) is 40.0 Å². The smallest absolute Gasteiger partial charge is 0.348 e. The van der Waals surface area contributed by atoms with Crippen LogP contribution in [0.3, 0.4) is 0 Å². The molecular formula is C18H24N4O4S2. The molecule has 0 radical (unpaired) electrons. The van der Waals surface area contributed by atoms with Crippen molar-refractivity contribution in [3.05, 3.63) is 34.0 Å². The van der Waals surface area contributed by atoms with Gasteiger partial charge < -0.3 is 20.1 Å². The van der Waals surface area contributed by atoms with Crippen molar-refractivity contribution < 1.29 is 19.1 Å². The van der Waals surface area contributed by atoms with Crippen molar-refractivity contribution in [3.8, 4) is 0 Å². The number of carbonyl (C=O) groups is 2. The number of rotatable bonds is 8. The summed E-state index contributed by atoms with van der Waals surface area (Å²) in [6.45, 7) is 8.90. The van der Waals surface area contributed by atoms with Gasteiger partial charge in [-0.2, -0.15) is 5.10 Å². The maximum Gasteiger partial charge on any atom is 0.348 e. The predicted octanol–water partition coefficient (Wildman–Crippen LogP) is 3.11. The largest absolute Gasteiger partial charge is 0.462 e. The summed E-state index contributed by atoms with van der Waals surface area (Å²) in [7, 11) is 0. The number of aromatic nitrogens is 2. The van der Waals surface area contributed by atoms with Gasteiger partial charge in [0.2, 0.25) is 0 Å². The SMILES string of the molecule is CCOC(=O)c1sc(NC(=S)NCc2cnn(CC)c2)c(C(=O)OCC)c1C. The van der Waals surface area contributed by atoms with Crippen LogP contribution in [0.4, 0.5) is 5.00 Å². The molecule has 2 aromatic heterocycles. The Morgan fingerprint density at radius 3 is 2.50 bits per heavy atom. The van der Waals surface area contributed by atoms with Crippen LogP contribution >= 0.6 is 23.6 Å². The maximum absolute atomic E-state index is 12.4. The lowest BCUT2D eigenvalue weighted by molar-refractivity contribution is 0.0527. The molecule has 0 aromatic carbocycles.